The van der Waals surface area contributed by atoms with Gasteiger partial charge in [-0.3, -0.25) is 0 Å². The van der Waals surface area contributed by atoms with E-state index in [9.17, 15) is 10.1 Å². The summed E-state index contributed by atoms with van der Waals surface area (Å²) >= 11 is 0. The molecule has 1 N–H and O–H groups in total. The fourth-order valence-electron chi connectivity index (χ4n) is 4.89. The summed E-state index contributed by atoms with van der Waals surface area (Å²) in [6, 6.07) is 14.3. The number of nitrogens with zero attached hydrogens (tertiary/aromatic N) is 5. The van der Waals surface area contributed by atoms with Crippen molar-refractivity contribution in [3.63, 3.8) is 0 Å². The van der Waals surface area contributed by atoms with Crippen LogP contribution >= 0.6 is 0 Å². The SMILES string of the molecule is CC(C)Oc1ccc(-c2nc(-c3cccc4c3CCC4)no2)cc1C#N.CNC(=O)N1CC[C@H](N(C)C)C1.[HH]. The van der Waals surface area contributed by atoms with Crippen LogP contribution in [0.5, 0.6) is 5.75 Å². The molecular formula is C29H38N6O3. The molecule has 1 fully saturated rings. The quantitative estimate of drug-likeness (QED) is 0.519. The van der Waals surface area contributed by atoms with Crippen molar-refractivity contribution < 1.29 is 15.5 Å². The van der Waals surface area contributed by atoms with Crippen molar-refractivity contribution in [2.45, 2.75) is 51.7 Å². The predicted octanol–water partition coefficient (Wildman–Crippen LogP) is 4.76. The van der Waals surface area contributed by atoms with Gasteiger partial charge in [0.1, 0.15) is 11.8 Å². The minimum absolute atomic E-state index is 0. The molecule has 2 amide bonds. The van der Waals surface area contributed by atoms with Crippen molar-refractivity contribution >= 4 is 6.03 Å². The number of hydrogen-bond acceptors (Lipinski definition) is 7. The van der Waals surface area contributed by atoms with Gasteiger partial charge in [-0.05, 0) is 83.0 Å². The summed E-state index contributed by atoms with van der Waals surface area (Å²) in [7, 11) is 5.78. The molecule has 9 heteroatoms. The molecule has 0 radical (unpaired) electrons. The maximum atomic E-state index is 11.2. The second-order valence-corrected chi connectivity index (χ2v) is 10.1. The number of aryl methyl sites for hydroxylation is 1. The van der Waals surface area contributed by atoms with Gasteiger partial charge in [0.15, 0.2) is 0 Å². The number of hydrogen-bond donors (Lipinski definition) is 1. The Morgan fingerprint density at radius 2 is 2.11 bits per heavy atom. The first-order valence-electron chi connectivity index (χ1n) is 13.1. The second kappa shape index (κ2) is 12.1. The monoisotopic (exact) mass is 518 g/mol. The Morgan fingerprint density at radius 1 is 1.29 bits per heavy atom. The van der Waals surface area contributed by atoms with E-state index in [1.165, 1.54) is 17.5 Å². The van der Waals surface area contributed by atoms with Crippen molar-refractivity contribution in [1.82, 2.24) is 25.3 Å². The number of ether oxygens (including phenoxy) is 1. The first kappa shape index (κ1) is 27.1. The normalized spacial score (nSPS) is 16.2. The van der Waals surface area contributed by atoms with Crippen LogP contribution in [0.3, 0.4) is 0 Å². The average molecular weight is 519 g/mol. The van der Waals surface area contributed by atoms with Gasteiger partial charge in [0.25, 0.3) is 5.89 Å². The largest absolute Gasteiger partial charge is 0.490 e. The number of carbonyl (C=O) groups excluding carboxylic acids is 1. The first-order chi connectivity index (χ1) is 18.3. The minimum atomic E-state index is 0. The predicted molar refractivity (Wildman–Crippen MR) is 148 cm³/mol. The van der Waals surface area contributed by atoms with Gasteiger partial charge in [0, 0.05) is 38.7 Å². The Kier molecular flexibility index (Phi) is 8.64. The Bertz CT molecular complexity index is 1320. The zero-order chi connectivity index (χ0) is 27.2. The van der Waals surface area contributed by atoms with Crippen LogP contribution in [0.25, 0.3) is 22.8 Å². The molecule has 5 rings (SSSR count). The van der Waals surface area contributed by atoms with Crippen molar-refractivity contribution in [2.24, 2.45) is 0 Å². The fraction of sp³-hybridized carbons (Fsp3) is 0.448. The summed E-state index contributed by atoms with van der Waals surface area (Å²) in [5.74, 6) is 1.56. The number of nitriles is 1. The van der Waals surface area contributed by atoms with E-state index >= 15 is 0 Å². The Balaban J connectivity index is 0.000000274. The topological polar surface area (TPSA) is 108 Å². The number of fused-ring (bicyclic) bond motifs is 1. The van der Waals surface area contributed by atoms with Gasteiger partial charge < -0.3 is 24.4 Å². The van der Waals surface area contributed by atoms with E-state index in [-0.39, 0.29) is 13.6 Å². The lowest BCUT2D eigenvalue weighted by atomic mass is 10.0. The Labute approximate surface area is 225 Å². The number of likely N-dealkylation sites (tertiary alicyclic amines) is 1. The molecule has 0 spiro atoms. The van der Waals surface area contributed by atoms with E-state index in [1.807, 2.05) is 36.9 Å². The van der Waals surface area contributed by atoms with Gasteiger partial charge in [-0.1, -0.05) is 23.4 Å². The van der Waals surface area contributed by atoms with Crippen LogP contribution in [0.2, 0.25) is 0 Å². The molecule has 1 aliphatic carbocycles. The number of aromatic nitrogens is 2. The molecule has 1 aromatic heterocycles. The maximum absolute atomic E-state index is 11.2. The van der Waals surface area contributed by atoms with Gasteiger partial charge in [-0.25, -0.2) is 4.79 Å². The summed E-state index contributed by atoms with van der Waals surface area (Å²) in [4.78, 5) is 19.8. The van der Waals surface area contributed by atoms with Crippen molar-refractivity contribution in [3.8, 4) is 34.7 Å². The van der Waals surface area contributed by atoms with Gasteiger partial charge in [0.05, 0.1) is 11.7 Å². The number of likely N-dealkylation sites (N-methyl/N-ethyl adjacent to an activating group) is 1. The highest BCUT2D eigenvalue weighted by Crippen LogP contribution is 2.33. The molecule has 9 nitrogen and oxygen atoms in total. The highest BCUT2D eigenvalue weighted by Gasteiger charge is 2.26. The number of benzene rings is 2. The third-order valence-electron chi connectivity index (χ3n) is 6.92. The molecule has 1 aliphatic heterocycles. The molecule has 202 valence electrons. The van der Waals surface area contributed by atoms with Crippen LogP contribution < -0.4 is 10.1 Å². The zero-order valence-electron chi connectivity index (χ0n) is 22.8. The number of urea groups is 1. The molecular weight excluding hydrogens is 480 g/mol. The third kappa shape index (κ3) is 6.14. The molecule has 3 aromatic rings. The number of rotatable bonds is 5. The van der Waals surface area contributed by atoms with Gasteiger partial charge >= 0.3 is 6.03 Å². The molecule has 2 aliphatic rings. The van der Waals surface area contributed by atoms with Gasteiger partial charge in [0.2, 0.25) is 5.82 Å². The summed E-state index contributed by atoms with van der Waals surface area (Å²) in [5.41, 5.74) is 4.89. The Morgan fingerprint density at radius 3 is 2.79 bits per heavy atom. The molecule has 2 heterocycles. The number of amides is 2. The van der Waals surface area contributed by atoms with Gasteiger partial charge in [-0.2, -0.15) is 10.2 Å². The van der Waals surface area contributed by atoms with E-state index in [0.717, 1.165) is 37.9 Å². The second-order valence-electron chi connectivity index (χ2n) is 10.1. The summed E-state index contributed by atoms with van der Waals surface area (Å²) in [6.07, 6.45) is 4.41. The van der Waals surface area contributed by atoms with Crippen LogP contribution in [0.15, 0.2) is 40.9 Å². The highest BCUT2D eigenvalue weighted by molar-refractivity contribution is 5.74. The van der Waals surface area contributed by atoms with Gasteiger partial charge in [-0.15, -0.1) is 0 Å². The molecule has 38 heavy (non-hydrogen) atoms. The van der Waals surface area contributed by atoms with E-state index in [0.29, 0.717) is 34.6 Å². The smallest absolute Gasteiger partial charge is 0.317 e. The minimum Gasteiger partial charge on any atom is -0.490 e. The summed E-state index contributed by atoms with van der Waals surface area (Å²) in [6.45, 7) is 5.59. The van der Waals surface area contributed by atoms with Crippen LogP contribution in [-0.2, 0) is 12.8 Å². The highest BCUT2D eigenvalue weighted by atomic mass is 16.5. The Hall–Kier alpha value is -3.90. The third-order valence-corrected chi connectivity index (χ3v) is 6.92. The van der Waals surface area contributed by atoms with E-state index in [1.54, 1.807) is 19.2 Å². The van der Waals surface area contributed by atoms with E-state index in [2.05, 4.69) is 46.6 Å². The van der Waals surface area contributed by atoms with Crippen molar-refractivity contribution in [3.05, 3.63) is 53.1 Å². The van der Waals surface area contributed by atoms with Crippen molar-refractivity contribution in [2.75, 3.05) is 34.2 Å². The van der Waals surface area contributed by atoms with Crippen LogP contribution in [0.4, 0.5) is 4.79 Å². The fourth-order valence-corrected chi connectivity index (χ4v) is 4.89. The van der Waals surface area contributed by atoms with Crippen LogP contribution in [-0.4, -0.2) is 72.3 Å². The average Bonchev–Trinajstić information content (AvgIpc) is 3.69. The summed E-state index contributed by atoms with van der Waals surface area (Å²) < 4.78 is 11.1. The van der Waals surface area contributed by atoms with E-state index < -0.39 is 0 Å². The summed E-state index contributed by atoms with van der Waals surface area (Å²) in [5, 5.41) is 16.2. The number of nitrogens with one attached hydrogen (secondary N) is 1. The lowest BCUT2D eigenvalue weighted by molar-refractivity contribution is 0.205. The van der Waals surface area contributed by atoms with E-state index in [4.69, 9.17) is 9.26 Å². The van der Waals surface area contributed by atoms with Crippen LogP contribution in [0.1, 0.15) is 44.8 Å². The molecule has 0 unspecified atom stereocenters. The molecule has 1 saturated heterocycles. The first-order valence-corrected chi connectivity index (χ1v) is 13.1. The lowest BCUT2D eigenvalue weighted by Gasteiger charge is -2.19. The lowest BCUT2D eigenvalue weighted by Crippen LogP contribution is -2.39. The van der Waals surface area contributed by atoms with Crippen LogP contribution in [0, 0.1) is 11.3 Å². The molecule has 1 atom stereocenters. The molecule has 0 saturated carbocycles. The molecule has 0 bridgehead atoms. The molecule has 2 aromatic carbocycles. The van der Waals surface area contributed by atoms with Crippen molar-refractivity contribution in [1.29, 1.82) is 5.26 Å². The zero-order valence-corrected chi connectivity index (χ0v) is 22.8. The number of carbonyl (C=O) groups is 1. The maximum Gasteiger partial charge on any atom is 0.317 e. The standard InChI is InChI=1S/C21H19N3O2.C8H17N3O.H2/c1-13(2)25-19-10-9-15(11-16(19)12-22)21-23-20(24-26-21)18-8-4-6-14-5-3-7-17(14)18;1-9-8(12)11-5-4-7(6-11)10(2)3;/h4,6,8-11,13H,3,5,7H2,1-2H3;7H,4-6H2,1-3H3,(H,9,12);1H/t;7-;/m.0./s1.